The lowest BCUT2D eigenvalue weighted by Gasteiger charge is -2.21. The number of benzene rings is 1. The number of carboxylic acid groups (broad SMARTS) is 1. The molecule has 5 nitrogen and oxygen atoms in total. The van der Waals surface area contributed by atoms with Crippen LogP contribution in [-0.4, -0.2) is 44.0 Å². The average Bonchev–Trinajstić information content (AvgIpc) is 2.92. The zero-order chi connectivity index (χ0) is 21.4. The fraction of sp³-hybridized carbons (Fsp3) is 0.609. The minimum absolute atomic E-state index is 0.0762. The van der Waals surface area contributed by atoms with Crippen molar-refractivity contribution in [2.75, 3.05) is 0 Å². The molecule has 1 aliphatic rings. The van der Waals surface area contributed by atoms with E-state index in [1.807, 2.05) is 19.1 Å². The Balaban J connectivity index is 1.85. The molecule has 0 unspecified atom stereocenters. The van der Waals surface area contributed by atoms with Crippen LogP contribution < -0.4 is 0 Å². The monoisotopic (exact) mass is 424 g/mol. The smallest absolute Gasteiger partial charge is 0.303 e. The van der Waals surface area contributed by atoms with Crippen LogP contribution in [0.3, 0.4) is 0 Å². The van der Waals surface area contributed by atoms with E-state index in [0.717, 1.165) is 36.8 Å². The normalized spacial score (nSPS) is 25.5. The Hall–Kier alpha value is -1.56. The standard InChI is InChI=1S/C23H33ClO5/c1-15-12-16(8-11-21(15)26)13-17(25)9-10-19-18(20(24)14-22(19)27)6-4-2-3-5-7-23(28)29/h8-12,17-20,22,25-27H,2-7,13-14H2,1H3,(H,28,29)/t17-,18+,19+,20+,22+/m0/s1. The van der Waals surface area contributed by atoms with Crippen molar-refractivity contribution in [1.29, 1.82) is 0 Å². The molecule has 5 atom stereocenters. The second-order valence-corrected chi connectivity index (χ2v) is 8.74. The second-order valence-electron chi connectivity index (χ2n) is 8.18. The van der Waals surface area contributed by atoms with Crippen LogP contribution in [0.4, 0.5) is 0 Å². The Labute approximate surface area is 178 Å². The summed E-state index contributed by atoms with van der Waals surface area (Å²) in [6, 6.07) is 5.29. The number of aryl methyl sites for hydroxylation is 1. The Bertz CT molecular complexity index is 690. The van der Waals surface area contributed by atoms with Gasteiger partial charge in [0, 0.05) is 24.1 Å². The molecule has 29 heavy (non-hydrogen) atoms. The van der Waals surface area contributed by atoms with Gasteiger partial charge in [-0.25, -0.2) is 0 Å². The van der Waals surface area contributed by atoms with Gasteiger partial charge in [-0.15, -0.1) is 11.6 Å². The fourth-order valence-corrected chi connectivity index (χ4v) is 4.63. The Morgan fingerprint density at radius 3 is 2.69 bits per heavy atom. The van der Waals surface area contributed by atoms with Gasteiger partial charge in [0.1, 0.15) is 5.75 Å². The van der Waals surface area contributed by atoms with Gasteiger partial charge in [0.05, 0.1) is 12.2 Å². The first-order valence-electron chi connectivity index (χ1n) is 10.5. The minimum Gasteiger partial charge on any atom is -0.508 e. The highest BCUT2D eigenvalue weighted by atomic mass is 35.5. The predicted molar refractivity (Wildman–Crippen MR) is 114 cm³/mol. The number of carbonyl (C=O) groups is 1. The number of phenolic OH excluding ortho intramolecular Hbond substituents is 1. The maximum Gasteiger partial charge on any atom is 0.303 e. The summed E-state index contributed by atoms with van der Waals surface area (Å²) >= 11 is 6.47. The molecule has 1 fully saturated rings. The van der Waals surface area contributed by atoms with Gasteiger partial charge in [0.2, 0.25) is 0 Å². The third-order valence-electron chi connectivity index (χ3n) is 5.81. The molecule has 0 aromatic heterocycles. The van der Waals surface area contributed by atoms with E-state index in [-0.39, 0.29) is 29.4 Å². The summed E-state index contributed by atoms with van der Waals surface area (Å²) in [7, 11) is 0. The molecule has 0 radical (unpaired) electrons. The number of unbranched alkanes of at least 4 members (excludes halogenated alkanes) is 3. The molecular formula is C23H33ClO5. The highest BCUT2D eigenvalue weighted by Gasteiger charge is 2.39. The third-order valence-corrected chi connectivity index (χ3v) is 6.31. The number of alkyl halides is 1. The molecule has 1 aromatic rings. The van der Waals surface area contributed by atoms with Crippen LogP contribution in [0.5, 0.6) is 5.75 Å². The summed E-state index contributed by atoms with van der Waals surface area (Å²) in [5, 5.41) is 39.0. The number of hydrogen-bond acceptors (Lipinski definition) is 4. The van der Waals surface area contributed by atoms with E-state index in [0.29, 0.717) is 19.3 Å². The third kappa shape index (κ3) is 7.65. The molecule has 0 heterocycles. The van der Waals surface area contributed by atoms with Crippen LogP contribution in [0.15, 0.2) is 30.4 Å². The van der Waals surface area contributed by atoms with Crippen LogP contribution in [-0.2, 0) is 11.2 Å². The molecule has 0 bridgehead atoms. The number of carboxylic acids is 1. The first-order valence-corrected chi connectivity index (χ1v) is 10.9. The number of hydrogen-bond donors (Lipinski definition) is 4. The van der Waals surface area contributed by atoms with Crippen molar-refractivity contribution in [3.8, 4) is 5.75 Å². The van der Waals surface area contributed by atoms with Gasteiger partial charge in [0.25, 0.3) is 0 Å². The molecule has 162 valence electrons. The quantitative estimate of drug-likeness (QED) is 0.242. The summed E-state index contributed by atoms with van der Waals surface area (Å²) in [5.74, 6) is -0.430. The number of aromatic hydroxyl groups is 1. The Kier molecular flexibility index (Phi) is 9.47. The van der Waals surface area contributed by atoms with E-state index in [2.05, 4.69) is 0 Å². The SMILES string of the molecule is Cc1cc(C[C@@H](O)C=C[C@@H]2[C@@H](CCCCCCC(=O)O)[C@H](Cl)C[C@H]2O)ccc1O. The van der Waals surface area contributed by atoms with Crippen LogP contribution >= 0.6 is 11.6 Å². The van der Waals surface area contributed by atoms with Crippen LogP contribution in [0.2, 0.25) is 0 Å². The van der Waals surface area contributed by atoms with E-state index in [4.69, 9.17) is 16.7 Å². The highest BCUT2D eigenvalue weighted by molar-refractivity contribution is 6.21. The molecule has 1 saturated carbocycles. The molecule has 4 N–H and O–H groups in total. The summed E-state index contributed by atoms with van der Waals surface area (Å²) in [5.41, 5.74) is 1.72. The van der Waals surface area contributed by atoms with Crippen LogP contribution in [0, 0.1) is 18.8 Å². The highest BCUT2D eigenvalue weighted by Crippen LogP contribution is 2.40. The Morgan fingerprint density at radius 1 is 1.28 bits per heavy atom. The average molecular weight is 425 g/mol. The summed E-state index contributed by atoms with van der Waals surface area (Å²) in [4.78, 5) is 10.6. The number of rotatable bonds is 11. The zero-order valence-corrected chi connectivity index (χ0v) is 17.8. The van der Waals surface area contributed by atoms with Gasteiger partial charge in [-0.2, -0.15) is 0 Å². The number of aliphatic carboxylic acids is 1. The van der Waals surface area contributed by atoms with Crippen molar-refractivity contribution < 1.29 is 25.2 Å². The van der Waals surface area contributed by atoms with Crippen molar-refractivity contribution in [1.82, 2.24) is 0 Å². The Morgan fingerprint density at radius 2 is 2.00 bits per heavy atom. The first-order chi connectivity index (χ1) is 13.8. The minimum atomic E-state index is -0.754. The second kappa shape index (κ2) is 11.6. The molecule has 6 heteroatoms. The van der Waals surface area contributed by atoms with Crippen molar-refractivity contribution in [3.05, 3.63) is 41.5 Å². The number of aliphatic hydroxyl groups is 2. The van der Waals surface area contributed by atoms with E-state index < -0.39 is 18.2 Å². The van der Waals surface area contributed by atoms with E-state index in [1.165, 1.54) is 0 Å². The van der Waals surface area contributed by atoms with Crippen molar-refractivity contribution >= 4 is 17.6 Å². The zero-order valence-electron chi connectivity index (χ0n) is 17.0. The summed E-state index contributed by atoms with van der Waals surface area (Å²) < 4.78 is 0. The number of phenols is 1. The van der Waals surface area contributed by atoms with Crippen LogP contribution in [0.25, 0.3) is 0 Å². The maximum atomic E-state index is 10.6. The van der Waals surface area contributed by atoms with E-state index >= 15 is 0 Å². The molecule has 1 aromatic carbocycles. The topological polar surface area (TPSA) is 98.0 Å². The molecule has 0 spiro atoms. The van der Waals surface area contributed by atoms with Crippen molar-refractivity contribution in [2.24, 2.45) is 11.8 Å². The van der Waals surface area contributed by atoms with Crippen LogP contribution in [0.1, 0.15) is 56.1 Å². The largest absolute Gasteiger partial charge is 0.508 e. The lowest BCUT2D eigenvalue weighted by atomic mass is 9.88. The van der Waals surface area contributed by atoms with Gasteiger partial charge in [-0.05, 0) is 49.3 Å². The van der Waals surface area contributed by atoms with Gasteiger partial charge < -0.3 is 20.4 Å². The summed E-state index contributed by atoms with van der Waals surface area (Å²) in [6.45, 7) is 1.82. The first kappa shape index (κ1) is 23.7. The molecule has 0 amide bonds. The van der Waals surface area contributed by atoms with Gasteiger partial charge in [0.15, 0.2) is 0 Å². The molecule has 1 aliphatic carbocycles. The molecular weight excluding hydrogens is 392 g/mol. The molecule has 0 aliphatic heterocycles. The lowest BCUT2D eigenvalue weighted by molar-refractivity contribution is -0.137. The number of halogens is 1. The van der Waals surface area contributed by atoms with Crippen molar-refractivity contribution in [3.63, 3.8) is 0 Å². The summed E-state index contributed by atoms with van der Waals surface area (Å²) in [6.07, 6.45) is 8.06. The number of aliphatic hydroxyl groups excluding tert-OH is 2. The lowest BCUT2D eigenvalue weighted by Crippen LogP contribution is -2.19. The van der Waals surface area contributed by atoms with Gasteiger partial charge >= 0.3 is 5.97 Å². The van der Waals surface area contributed by atoms with Gasteiger partial charge in [-0.3, -0.25) is 4.79 Å². The predicted octanol–water partition coefficient (Wildman–Crippen LogP) is 4.19. The fourth-order valence-electron chi connectivity index (χ4n) is 4.15. The van der Waals surface area contributed by atoms with Crippen molar-refractivity contribution in [2.45, 2.75) is 75.9 Å². The maximum absolute atomic E-state index is 10.6. The van der Waals surface area contributed by atoms with Gasteiger partial charge in [-0.1, -0.05) is 43.5 Å². The van der Waals surface area contributed by atoms with E-state index in [1.54, 1.807) is 18.2 Å². The molecule has 0 saturated heterocycles. The van der Waals surface area contributed by atoms with E-state index in [9.17, 15) is 20.1 Å². The molecule has 2 rings (SSSR count).